The van der Waals surface area contributed by atoms with Crippen LogP contribution in [0.5, 0.6) is 0 Å². The average Bonchev–Trinajstić information content (AvgIpc) is 2.66. The van der Waals surface area contributed by atoms with Gasteiger partial charge in [0.15, 0.2) is 0 Å². The molecule has 1 saturated heterocycles. The van der Waals surface area contributed by atoms with Crippen LogP contribution in [0, 0.1) is 11.3 Å². The molecule has 0 radical (unpaired) electrons. The number of carbonyl (C=O) groups excluding carboxylic acids is 1. The van der Waals surface area contributed by atoms with Crippen molar-refractivity contribution in [1.29, 1.82) is 5.26 Å². The Hall–Kier alpha value is -2.35. The summed E-state index contributed by atoms with van der Waals surface area (Å²) >= 11 is 6.02. The maximum absolute atomic E-state index is 12.6. The molecule has 0 unspecified atom stereocenters. The van der Waals surface area contributed by atoms with Gasteiger partial charge in [-0.25, -0.2) is 0 Å². The van der Waals surface area contributed by atoms with E-state index < -0.39 is 0 Å². The van der Waals surface area contributed by atoms with E-state index in [2.05, 4.69) is 17.0 Å². The van der Waals surface area contributed by atoms with Crippen LogP contribution in [0.2, 0.25) is 5.02 Å². The van der Waals surface area contributed by atoms with Crippen molar-refractivity contribution < 1.29 is 4.79 Å². The number of rotatable bonds is 4. The van der Waals surface area contributed by atoms with Gasteiger partial charge in [-0.05, 0) is 42.3 Å². The topological polar surface area (TPSA) is 47.3 Å². The molecule has 0 aromatic heterocycles. The highest BCUT2D eigenvalue weighted by Crippen LogP contribution is 2.13. The number of amides is 1. The first kappa shape index (κ1) is 17.5. The number of halogens is 1. The van der Waals surface area contributed by atoms with Crippen molar-refractivity contribution in [2.24, 2.45) is 0 Å². The first-order chi connectivity index (χ1) is 12.2. The lowest BCUT2D eigenvalue weighted by Gasteiger charge is -2.34. The molecule has 2 aromatic carbocycles. The van der Waals surface area contributed by atoms with Crippen molar-refractivity contribution in [3.05, 3.63) is 70.2 Å². The zero-order valence-electron chi connectivity index (χ0n) is 14.0. The molecule has 0 atom stereocenters. The lowest BCUT2D eigenvalue weighted by Crippen LogP contribution is -2.49. The summed E-state index contributed by atoms with van der Waals surface area (Å²) < 4.78 is 0. The molecule has 4 nitrogen and oxygen atoms in total. The van der Waals surface area contributed by atoms with Gasteiger partial charge in [0, 0.05) is 43.3 Å². The van der Waals surface area contributed by atoms with Crippen LogP contribution in [0.25, 0.3) is 0 Å². The summed E-state index contributed by atoms with van der Waals surface area (Å²) in [4.78, 5) is 16.8. The van der Waals surface area contributed by atoms with E-state index >= 15 is 0 Å². The lowest BCUT2D eigenvalue weighted by atomic mass is 10.1. The number of nitrogens with zero attached hydrogens (tertiary/aromatic N) is 3. The molecular formula is C20H20ClN3O. The van der Waals surface area contributed by atoms with E-state index in [1.54, 1.807) is 24.3 Å². The van der Waals surface area contributed by atoms with E-state index in [0.717, 1.165) is 31.1 Å². The molecule has 0 bridgehead atoms. The summed E-state index contributed by atoms with van der Waals surface area (Å²) in [6.07, 6.45) is 0.957. The van der Waals surface area contributed by atoms with Gasteiger partial charge in [-0.3, -0.25) is 9.69 Å². The lowest BCUT2D eigenvalue weighted by molar-refractivity contribution is 0.0638. The Kier molecular flexibility index (Phi) is 5.70. The zero-order valence-corrected chi connectivity index (χ0v) is 14.7. The molecule has 1 amide bonds. The normalized spacial score (nSPS) is 15.0. The number of carbonyl (C=O) groups is 1. The minimum Gasteiger partial charge on any atom is -0.336 e. The van der Waals surface area contributed by atoms with Gasteiger partial charge in [0.1, 0.15) is 0 Å². The van der Waals surface area contributed by atoms with Gasteiger partial charge in [-0.15, -0.1) is 0 Å². The number of benzene rings is 2. The maximum atomic E-state index is 12.6. The SMILES string of the molecule is N#Cc1cccc(C(=O)N2CCN(CCc3cccc(Cl)c3)CC2)c1. The molecular weight excluding hydrogens is 334 g/mol. The largest absolute Gasteiger partial charge is 0.336 e. The number of piperazine rings is 1. The van der Waals surface area contributed by atoms with E-state index in [1.807, 2.05) is 23.1 Å². The van der Waals surface area contributed by atoms with E-state index in [4.69, 9.17) is 16.9 Å². The van der Waals surface area contributed by atoms with Gasteiger partial charge in [-0.1, -0.05) is 29.8 Å². The number of nitriles is 1. The molecule has 0 aliphatic carbocycles. The van der Waals surface area contributed by atoms with Crippen LogP contribution < -0.4 is 0 Å². The van der Waals surface area contributed by atoms with Gasteiger partial charge in [0.05, 0.1) is 11.6 Å². The Morgan fingerprint density at radius 2 is 1.84 bits per heavy atom. The monoisotopic (exact) mass is 353 g/mol. The molecule has 3 rings (SSSR count). The van der Waals surface area contributed by atoms with E-state index in [1.165, 1.54) is 5.56 Å². The Bertz CT molecular complexity index is 792. The Labute approximate surface area is 153 Å². The van der Waals surface area contributed by atoms with Crippen molar-refractivity contribution >= 4 is 17.5 Å². The van der Waals surface area contributed by atoms with Crippen LogP contribution >= 0.6 is 11.6 Å². The smallest absolute Gasteiger partial charge is 0.253 e. The van der Waals surface area contributed by atoms with Gasteiger partial charge in [0.2, 0.25) is 0 Å². The molecule has 5 heteroatoms. The second kappa shape index (κ2) is 8.15. The summed E-state index contributed by atoms with van der Waals surface area (Å²) in [5.74, 6) is 0.00610. The minimum absolute atomic E-state index is 0.00610. The molecule has 1 fully saturated rings. The zero-order chi connectivity index (χ0) is 17.6. The Morgan fingerprint density at radius 3 is 2.56 bits per heavy atom. The highest BCUT2D eigenvalue weighted by molar-refractivity contribution is 6.30. The van der Waals surface area contributed by atoms with Crippen LogP contribution in [0.4, 0.5) is 0 Å². The van der Waals surface area contributed by atoms with Crippen molar-refractivity contribution in [3.8, 4) is 6.07 Å². The summed E-state index contributed by atoms with van der Waals surface area (Å²) in [5.41, 5.74) is 2.34. The van der Waals surface area contributed by atoms with E-state index in [0.29, 0.717) is 24.2 Å². The highest BCUT2D eigenvalue weighted by Gasteiger charge is 2.22. The number of hydrogen-bond acceptors (Lipinski definition) is 3. The molecule has 128 valence electrons. The van der Waals surface area contributed by atoms with Crippen LogP contribution in [-0.2, 0) is 6.42 Å². The van der Waals surface area contributed by atoms with Crippen molar-refractivity contribution in [2.75, 3.05) is 32.7 Å². The fourth-order valence-corrected chi connectivity index (χ4v) is 3.27. The predicted octanol–water partition coefficient (Wildman–Crippen LogP) is 3.21. The second-order valence-corrected chi connectivity index (χ2v) is 6.64. The second-order valence-electron chi connectivity index (χ2n) is 6.21. The summed E-state index contributed by atoms with van der Waals surface area (Å²) in [7, 11) is 0. The average molecular weight is 354 g/mol. The molecule has 2 aromatic rings. The first-order valence-electron chi connectivity index (χ1n) is 8.42. The number of hydrogen-bond donors (Lipinski definition) is 0. The molecule has 0 spiro atoms. The maximum Gasteiger partial charge on any atom is 0.253 e. The van der Waals surface area contributed by atoms with Crippen LogP contribution in [-0.4, -0.2) is 48.4 Å². The van der Waals surface area contributed by atoms with Crippen molar-refractivity contribution in [3.63, 3.8) is 0 Å². The van der Waals surface area contributed by atoms with Crippen LogP contribution in [0.1, 0.15) is 21.5 Å². The van der Waals surface area contributed by atoms with Gasteiger partial charge >= 0.3 is 0 Å². The van der Waals surface area contributed by atoms with Gasteiger partial charge in [0.25, 0.3) is 5.91 Å². The molecule has 1 heterocycles. The summed E-state index contributed by atoms with van der Waals surface area (Å²) in [6, 6.07) is 16.9. The van der Waals surface area contributed by atoms with Crippen molar-refractivity contribution in [2.45, 2.75) is 6.42 Å². The third kappa shape index (κ3) is 4.60. The summed E-state index contributed by atoms with van der Waals surface area (Å²) in [6.45, 7) is 4.12. The molecule has 1 aliphatic heterocycles. The van der Waals surface area contributed by atoms with Crippen molar-refractivity contribution in [1.82, 2.24) is 9.80 Å². The Balaban J connectivity index is 1.51. The third-order valence-electron chi connectivity index (χ3n) is 4.50. The molecule has 1 aliphatic rings. The standard InChI is InChI=1S/C20H20ClN3O/c21-19-6-2-3-16(14-19)7-8-23-9-11-24(12-10-23)20(25)18-5-1-4-17(13-18)15-22/h1-6,13-14H,7-12H2. The minimum atomic E-state index is 0.00610. The fraction of sp³-hybridized carbons (Fsp3) is 0.300. The van der Waals surface area contributed by atoms with E-state index in [-0.39, 0.29) is 5.91 Å². The predicted molar refractivity (Wildman–Crippen MR) is 98.7 cm³/mol. The first-order valence-corrected chi connectivity index (χ1v) is 8.80. The Morgan fingerprint density at radius 1 is 1.08 bits per heavy atom. The highest BCUT2D eigenvalue weighted by atomic mass is 35.5. The van der Waals surface area contributed by atoms with Gasteiger partial charge < -0.3 is 4.90 Å². The summed E-state index contributed by atoms with van der Waals surface area (Å²) in [5, 5.41) is 9.74. The quantitative estimate of drug-likeness (QED) is 0.848. The van der Waals surface area contributed by atoms with E-state index in [9.17, 15) is 4.79 Å². The van der Waals surface area contributed by atoms with Crippen LogP contribution in [0.15, 0.2) is 48.5 Å². The molecule has 0 saturated carbocycles. The fourth-order valence-electron chi connectivity index (χ4n) is 3.06. The third-order valence-corrected chi connectivity index (χ3v) is 4.74. The van der Waals surface area contributed by atoms with Gasteiger partial charge in [-0.2, -0.15) is 5.26 Å². The molecule has 0 N–H and O–H groups in total. The van der Waals surface area contributed by atoms with Crippen LogP contribution in [0.3, 0.4) is 0 Å². The molecule has 25 heavy (non-hydrogen) atoms.